The van der Waals surface area contributed by atoms with Crippen LogP contribution in [0, 0.1) is 13.8 Å². The van der Waals surface area contributed by atoms with Gasteiger partial charge in [-0.05, 0) is 69.0 Å². The van der Waals surface area contributed by atoms with Crippen LogP contribution in [0.15, 0.2) is 19.7 Å². The minimum absolute atomic E-state index is 0.273. The summed E-state index contributed by atoms with van der Waals surface area (Å²) in [5.74, 6) is 0. The summed E-state index contributed by atoms with van der Waals surface area (Å²) < 4.78 is 2.34. The van der Waals surface area contributed by atoms with Crippen LogP contribution in [0.25, 0.3) is 0 Å². The lowest BCUT2D eigenvalue weighted by Crippen LogP contribution is -1.90. The fourth-order valence-corrected chi connectivity index (χ4v) is 6.91. The van der Waals surface area contributed by atoms with Crippen molar-refractivity contribution in [3.05, 3.63) is 40.6 Å². The Morgan fingerprint density at radius 2 is 1.75 bits per heavy atom. The van der Waals surface area contributed by atoms with Gasteiger partial charge >= 0.3 is 0 Å². The Bertz CT molecular complexity index is 467. The predicted molar refractivity (Wildman–Crippen MR) is 84.3 cm³/mol. The summed E-state index contributed by atoms with van der Waals surface area (Å²) in [6.07, 6.45) is 0. The molecule has 2 aromatic heterocycles. The van der Waals surface area contributed by atoms with E-state index in [9.17, 15) is 0 Å². The van der Waals surface area contributed by atoms with Crippen molar-refractivity contribution in [2.75, 3.05) is 0 Å². The van der Waals surface area contributed by atoms with Gasteiger partial charge in [-0.3, -0.25) is 0 Å². The Labute approximate surface area is 128 Å². The summed E-state index contributed by atoms with van der Waals surface area (Å²) in [7, 11) is 0. The third kappa shape index (κ3) is 2.64. The normalized spacial score (nSPS) is 13.1. The van der Waals surface area contributed by atoms with Crippen molar-refractivity contribution in [3.8, 4) is 0 Å². The quantitative estimate of drug-likeness (QED) is 0.468. The minimum atomic E-state index is 0.273. The van der Waals surface area contributed by atoms with Gasteiger partial charge in [-0.2, -0.15) is 0 Å². The SMILES string of the molecule is Cc1cc(C(Br)c2cc(Br)sc2Br)c(C)s1. The predicted octanol–water partition coefficient (Wildman–Crippen LogP) is 6.44. The topological polar surface area (TPSA) is 0 Å². The molecule has 86 valence electrons. The lowest BCUT2D eigenvalue weighted by molar-refractivity contribution is 1.17. The molecule has 2 aromatic rings. The highest BCUT2D eigenvalue weighted by atomic mass is 79.9. The van der Waals surface area contributed by atoms with E-state index in [1.165, 1.54) is 24.7 Å². The minimum Gasteiger partial charge on any atom is -0.146 e. The van der Waals surface area contributed by atoms with Gasteiger partial charge in [0.15, 0.2) is 0 Å². The summed E-state index contributed by atoms with van der Waals surface area (Å²) in [5.41, 5.74) is 2.66. The maximum Gasteiger partial charge on any atom is 0.0757 e. The average molecular weight is 445 g/mol. The van der Waals surface area contributed by atoms with Crippen LogP contribution < -0.4 is 0 Å². The van der Waals surface area contributed by atoms with E-state index in [2.05, 4.69) is 73.8 Å². The van der Waals surface area contributed by atoms with Gasteiger partial charge < -0.3 is 0 Å². The Kier molecular flexibility index (Phi) is 4.33. The molecular weight excluding hydrogens is 436 g/mol. The molecule has 0 amide bonds. The van der Waals surface area contributed by atoms with E-state index in [-0.39, 0.29) is 4.83 Å². The summed E-state index contributed by atoms with van der Waals surface area (Å²) in [5, 5.41) is 0. The van der Waals surface area contributed by atoms with Crippen LogP contribution in [-0.4, -0.2) is 0 Å². The molecule has 0 fully saturated rings. The molecular formula is C11H9Br3S2. The molecule has 2 heterocycles. The summed E-state index contributed by atoms with van der Waals surface area (Å²) >= 11 is 14.5. The molecule has 16 heavy (non-hydrogen) atoms. The zero-order valence-corrected chi connectivity index (χ0v) is 15.1. The Morgan fingerprint density at radius 1 is 1.06 bits per heavy atom. The van der Waals surface area contributed by atoms with Crippen molar-refractivity contribution in [3.63, 3.8) is 0 Å². The number of rotatable bonds is 2. The second-order valence-electron chi connectivity index (χ2n) is 3.51. The lowest BCUT2D eigenvalue weighted by atomic mass is 10.1. The van der Waals surface area contributed by atoms with Crippen LogP contribution in [0.4, 0.5) is 0 Å². The zero-order chi connectivity index (χ0) is 11.9. The number of thiophene rings is 2. The first kappa shape index (κ1) is 13.3. The first-order chi connectivity index (χ1) is 7.49. The summed E-state index contributed by atoms with van der Waals surface area (Å²) in [6, 6.07) is 4.43. The molecule has 0 saturated heterocycles. The van der Waals surface area contributed by atoms with Gasteiger partial charge in [-0.25, -0.2) is 0 Å². The van der Waals surface area contributed by atoms with Crippen molar-refractivity contribution in [2.45, 2.75) is 18.7 Å². The van der Waals surface area contributed by atoms with E-state index in [1.807, 2.05) is 11.3 Å². The largest absolute Gasteiger partial charge is 0.146 e. The Balaban J connectivity index is 2.42. The maximum atomic E-state index is 3.78. The first-order valence-corrected chi connectivity index (χ1v) is 8.78. The Morgan fingerprint density at radius 3 is 2.19 bits per heavy atom. The van der Waals surface area contributed by atoms with Crippen LogP contribution in [0.5, 0.6) is 0 Å². The van der Waals surface area contributed by atoms with Gasteiger partial charge in [0.2, 0.25) is 0 Å². The molecule has 0 aliphatic heterocycles. The van der Waals surface area contributed by atoms with Crippen molar-refractivity contribution < 1.29 is 0 Å². The second-order valence-corrected chi connectivity index (χ2v) is 9.64. The van der Waals surface area contributed by atoms with Crippen LogP contribution >= 0.6 is 70.5 Å². The van der Waals surface area contributed by atoms with Crippen molar-refractivity contribution in [1.82, 2.24) is 0 Å². The molecule has 0 N–H and O–H groups in total. The molecule has 0 saturated carbocycles. The van der Waals surface area contributed by atoms with E-state index < -0.39 is 0 Å². The van der Waals surface area contributed by atoms with Crippen LogP contribution in [0.2, 0.25) is 0 Å². The molecule has 0 spiro atoms. The molecule has 0 bridgehead atoms. The van der Waals surface area contributed by atoms with Gasteiger partial charge in [-0.1, -0.05) is 15.9 Å². The van der Waals surface area contributed by atoms with Gasteiger partial charge in [-0.15, -0.1) is 22.7 Å². The molecule has 1 unspecified atom stereocenters. The van der Waals surface area contributed by atoms with Gasteiger partial charge in [0, 0.05) is 9.75 Å². The molecule has 5 heteroatoms. The van der Waals surface area contributed by atoms with E-state index >= 15 is 0 Å². The third-order valence-corrected chi connectivity index (χ3v) is 6.66. The molecule has 0 aromatic carbocycles. The van der Waals surface area contributed by atoms with E-state index in [0.717, 1.165) is 3.79 Å². The fraction of sp³-hybridized carbons (Fsp3) is 0.273. The highest BCUT2D eigenvalue weighted by Gasteiger charge is 2.19. The number of hydrogen-bond donors (Lipinski definition) is 0. The van der Waals surface area contributed by atoms with Crippen molar-refractivity contribution in [1.29, 1.82) is 0 Å². The van der Waals surface area contributed by atoms with Crippen molar-refractivity contribution >= 4 is 70.5 Å². The summed E-state index contributed by atoms with van der Waals surface area (Å²) in [6.45, 7) is 4.33. The van der Waals surface area contributed by atoms with Crippen LogP contribution in [-0.2, 0) is 0 Å². The monoisotopic (exact) mass is 442 g/mol. The lowest BCUT2D eigenvalue weighted by Gasteiger charge is -2.08. The van der Waals surface area contributed by atoms with Crippen molar-refractivity contribution in [2.24, 2.45) is 0 Å². The maximum absolute atomic E-state index is 3.78. The number of alkyl halides is 1. The van der Waals surface area contributed by atoms with Crippen LogP contribution in [0.1, 0.15) is 25.7 Å². The van der Waals surface area contributed by atoms with E-state index in [4.69, 9.17) is 0 Å². The number of aryl methyl sites for hydroxylation is 2. The third-order valence-electron chi connectivity index (χ3n) is 2.31. The van der Waals surface area contributed by atoms with Crippen LogP contribution in [0.3, 0.4) is 0 Å². The Hall–Kier alpha value is 0.840. The van der Waals surface area contributed by atoms with E-state index in [1.54, 1.807) is 11.3 Å². The molecule has 0 nitrogen and oxygen atoms in total. The van der Waals surface area contributed by atoms with Gasteiger partial charge in [0.05, 0.1) is 12.4 Å². The highest BCUT2D eigenvalue weighted by Crippen LogP contribution is 2.43. The van der Waals surface area contributed by atoms with Gasteiger partial charge in [0.1, 0.15) is 0 Å². The smallest absolute Gasteiger partial charge is 0.0757 e. The molecule has 1 atom stereocenters. The second kappa shape index (κ2) is 5.22. The molecule has 0 radical (unpaired) electrons. The highest BCUT2D eigenvalue weighted by molar-refractivity contribution is 9.12. The standard InChI is InChI=1S/C11H9Br3S2/c1-5-3-7(6(2)15-5)10(13)8-4-9(12)16-11(8)14/h3-4,10H,1-2H3. The fourth-order valence-electron chi connectivity index (χ4n) is 1.60. The molecule has 0 aliphatic carbocycles. The van der Waals surface area contributed by atoms with E-state index in [0.29, 0.717) is 0 Å². The number of hydrogen-bond acceptors (Lipinski definition) is 2. The van der Waals surface area contributed by atoms with Gasteiger partial charge in [0.25, 0.3) is 0 Å². The number of halogens is 3. The average Bonchev–Trinajstić information content (AvgIpc) is 2.68. The summed E-state index contributed by atoms with van der Waals surface area (Å²) in [4.78, 5) is 3.02. The first-order valence-electron chi connectivity index (χ1n) is 4.64. The molecule has 2 rings (SSSR count). The zero-order valence-electron chi connectivity index (χ0n) is 8.68. The molecule has 0 aliphatic rings.